The van der Waals surface area contributed by atoms with Crippen LogP contribution in [-0.4, -0.2) is 35.1 Å². The first-order chi connectivity index (χ1) is 19.5. The zero-order chi connectivity index (χ0) is 29.8. The number of thiophene rings is 1. The van der Waals surface area contributed by atoms with Gasteiger partial charge in [0, 0.05) is 23.2 Å². The molecule has 0 aliphatic rings. The summed E-state index contributed by atoms with van der Waals surface area (Å²) in [4.78, 5) is 40.7. The number of ether oxygens (including phenoxy) is 2. The molecule has 10 heteroatoms. The highest BCUT2D eigenvalue weighted by Gasteiger charge is 2.30. The fraction of sp³-hybridized carbons (Fsp3) is 0.387. The lowest BCUT2D eigenvalue weighted by atomic mass is 9.83. The number of nitrogens with one attached hydrogen (secondary N) is 1. The standard InChI is InChI=1S/C31H40N4O5S/c1-31(2,3)27(34-30(38)39-21-23-9-5-4-6-10-23)13-7-12-26(40-29(33)37)28(36)35(20-25-11-8-18-41-25)19-22-14-16-24(32)17-15-22/h4-6,8-11,14-18,26-27H,7,12-13,19-21,32H2,1-3H3,(H2,33,37)(H,34,38)/t26-,27?/m1/s1. The van der Waals surface area contributed by atoms with Crippen LogP contribution in [0.25, 0.3) is 0 Å². The molecule has 0 spiro atoms. The van der Waals surface area contributed by atoms with Crippen LogP contribution >= 0.6 is 11.3 Å². The van der Waals surface area contributed by atoms with E-state index in [4.69, 9.17) is 20.9 Å². The van der Waals surface area contributed by atoms with Crippen molar-refractivity contribution in [2.45, 2.75) is 71.9 Å². The molecule has 5 N–H and O–H groups in total. The molecule has 0 aliphatic carbocycles. The molecule has 1 unspecified atom stereocenters. The van der Waals surface area contributed by atoms with Crippen molar-refractivity contribution in [3.8, 4) is 0 Å². The van der Waals surface area contributed by atoms with Crippen LogP contribution in [0.4, 0.5) is 15.3 Å². The van der Waals surface area contributed by atoms with Gasteiger partial charge in [0.15, 0.2) is 6.10 Å². The predicted octanol–water partition coefficient (Wildman–Crippen LogP) is 5.83. The molecule has 0 fully saturated rings. The fourth-order valence-electron chi connectivity index (χ4n) is 4.36. The lowest BCUT2D eigenvalue weighted by Gasteiger charge is -2.32. The maximum Gasteiger partial charge on any atom is 0.407 e. The van der Waals surface area contributed by atoms with Crippen LogP contribution in [0.5, 0.6) is 0 Å². The van der Waals surface area contributed by atoms with Crippen LogP contribution in [0, 0.1) is 5.41 Å². The quantitative estimate of drug-likeness (QED) is 0.217. The SMILES string of the molecule is CC(C)(C)C(CCC[C@@H](OC(N)=O)C(=O)N(Cc1ccc(N)cc1)Cc1cccs1)NC(=O)OCc1ccccc1. The summed E-state index contributed by atoms with van der Waals surface area (Å²) in [5, 5.41) is 4.91. The molecule has 41 heavy (non-hydrogen) atoms. The topological polar surface area (TPSA) is 137 Å². The van der Waals surface area contributed by atoms with Gasteiger partial charge in [0.05, 0.1) is 6.54 Å². The van der Waals surface area contributed by atoms with Crippen molar-refractivity contribution in [3.05, 3.63) is 88.1 Å². The van der Waals surface area contributed by atoms with Crippen molar-refractivity contribution in [2.75, 3.05) is 5.73 Å². The van der Waals surface area contributed by atoms with E-state index in [2.05, 4.69) is 5.32 Å². The first-order valence-electron chi connectivity index (χ1n) is 13.6. The minimum Gasteiger partial charge on any atom is -0.445 e. The van der Waals surface area contributed by atoms with Gasteiger partial charge in [-0.15, -0.1) is 11.3 Å². The van der Waals surface area contributed by atoms with Crippen LogP contribution in [0.3, 0.4) is 0 Å². The molecular formula is C31H40N4O5S. The summed E-state index contributed by atoms with van der Waals surface area (Å²) in [5.74, 6) is -0.337. The van der Waals surface area contributed by atoms with Gasteiger partial charge < -0.3 is 31.2 Å². The van der Waals surface area contributed by atoms with E-state index >= 15 is 0 Å². The number of anilines is 1. The summed E-state index contributed by atoms with van der Waals surface area (Å²) in [6.07, 6.45) is -1.30. The van der Waals surface area contributed by atoms with Crippen molar-refractivity contribution < 1.29 is 23.9 Å². The third kappa shape index (κ3) is 10.8. The first-order valence-corrected chi connectivity index (χ1v) is 14.5. The summed E-state index contributed by atoms with van der Waals surface area (Å²) in [6.45, 7) is 6.90. The van der Waals surface area contributed by atoms with E-state index in [1.807, 2.05) is 80.7 Å². The molecule has 220 valence electrons. The highest BCUT2D eigenvalue weighted by molar-refractivity contribution is 7.09. The van der Waals surface area contributed by atoms with Crippen LogP contribution in [0.2, 0.25) is 0 Å². The van der Waals surface area contributed by atoms with Crippen LogP contribution in [-0.2, 0) is 34.0 Å². The molecule has 0 aliphatic heterocycles. The second-order valence-corrected chi connectivity index (χ2v) is 12.0. The Morgan fingerprint density at radius 2 is 1.63 bits per heavy atom. The molecule has 3 rings (SSSR count). The minimum absolute atomic E-state index is 0.167. The van der Waals surface area contributed by atoms with Gasteiger partial charge in [0.1, 0.15) is 6.61 Å². The van der Waals surface area contributed by atoms with E-state index in [0.29, 0.717) is 31.6 Å². The van der Waals surface area contributed by atoms with E-state index in [9.17, 15) is 14.4 Å². The Bertz CT molecular complexity index is 1240. The highest BCUT2D eigenvalue weighted by atomic mass is 32.1. The van der Waals surface area contributed by atoms with E-state index in [-0.39, 0.29) is 30.4 Å². The van der Waals surface area contributed by atoms with Gasteiger partial charge >= 0.3 is 12.2 Å². The average molecular weight is 581 g/mol. The summed E-state index contributed by atoms with van der Waals surface area (Å²) < 4.78 is 10.7. The predicted molar refractivity (Wildman–Crippen MR) is 161 cm³/mol. The Labute approximate surface area is 245 Å². The summed E-state index contributed by atoms with van der Waals surface area (Å²) in [7, 11) is 0. The average Bonchev–Trinajstić information content (AvgIpc) is 3.44. The molecule has 0 saturated heterocycles. The molecule has 0 saturated carbocycles. The van der Waals surface area contributed by atoms with Crippen molar-refractivity contribution in [3.63, 3.8) is 0 Å². The molecule has 2 aromatic carbocycles. The number of alkyl carbamates (subject to hydrolysis) is 1. The normalized spacial score (nSPS) is 12.7. The third-order valence-electron chi connectivity index (χ3n) is 6.63. The number of carbonyl (C=O) groups excluding carboxylic acids is 3. The van der Waals surface area contributed by atoms with Crippen LogP contribution in [0.15, 0.2) is 72.1 Å². The van der Waals surface area contributed by atoms with Crippen molar-refractivity contribution in [1.29, 1.82) is 0 Å². The molecular weight excluding hydrogens is 540 g/mol. The second-order valence-electron chi connectivity index (χ2n) is 11.0. The van der Waals surface area contributed by atoms with E-state index in [1.54, 1.807) is 28.4 Å². The fourth-order valence-corrected chi connectivity index (χ4v) is 5.08. The molecule has 9 nitrogen and oxygen atoms in total. The van der Waals surface area contributed by atoms with Gasteiger partial charge in [-0.25, -0.2) is 9.59 Å². The minimum atomic E-state index is -1.06. The summed E-state index contributed by atoms with van der Waals surface area (Å²) >= 11 is 1.54. The third-order valence-corrected chi connectivity index (χ3v) is 7.50. The largest absolute Gasteiger partial charge is 0.445 e. The Balaban J connectivity index is 1.66. The Kier molecular flexibility index (Phi) is 11.6. The summed E-state index contributed by atoms with van der Waals surface area (Å²) in [6, 6.07) is 20.4. The van der Waals surface area contributed by atoms with Gasteiger partial charge in [0.2, 0.25) is 0 Å². The van der Waals surface area contributed by atoms with Crippen molar-refractivity contribution in [1.82, 2.24) is 10.2 Å². The smallest absolute Gasteiger partial charge is 0.407 e. The van der Waals surface area contributed by atoms with Crippen LogP contribution < -0.4 is 16.8 Å². The number of carbonyl (C=O) groups is 3. The number of hydrogen-bond acceptors (Lipinski definition) is 7. The number of nitrogens with two attached hydrogens (primary N) is 2. The number of primary amides is 1. The lowest BCUT2D eigenvalue weighted by Crippen LogP contribution is -2.44. The first kappa shape index (κ1) is 31.5. The molecule has 0 radical (unpaired) electrons. The zero-order valence-electron chi connectivity index (χ0n) is 23.9. The zero-order valence-corrected chi connectivity index (χ0v) is 24.7. The van der Waals surface area contributed by atoms with E-state index < -0.39 is 18.3 Å². The second kappa shape index (κ2) is 15.1. The highest BCUT2D eigenvalue weighted by Crippen LogP contribution is 2.25. The Hall–Kier alpha value is -4.05. The van der Waals surface area contributed by atoms with E-state index in [1.165, 1.54) is 0 Å². The van der Waals surface area contributed by atoms with Gasteiger partial charge in [-0.2, -0.15) is 0 Å². The van der Waals surface area contributed by atoms with E-state index in [0.717, 1.165) is 16.0 Å². The van der Waals surface area contributed by atoms with Gasteiger partial charge in [0.25, 0.3) is 5.91 Å². The van der Waals surface area contributed by atoms with Gasteiger partial charge in [-0.1, -0.05) is 69.3 Å². The number of hydrogen-bond donors (Lipinski definition) is 3. The number of nitrogens with zero attached hydrogens (tertiary/aromatic N) is 1. The van der Waals surface area contributed by atoms with Gasteiger partial charge in [-0.3, -0.25) is 4.79 Å². The van der Waals surface area contributed by atoms with Crippen molar-refractivity contribution >= 4 is 35.1 Å². The molecule has 1 heterocycles. The molecule has 3 aromatic rings. The maximum absolute atomic E-state index is 13.7. The molecule has 2 atom stereocenters. The molecule has 0 bridgehead atoms. The number of nitrogen functional groups attached to an aromatic ring is 1. The number of amides is 3. The number of benzene rings is 2. The molecule has 3 amide bonds. The Morgan fingerprint density at radius 1 is 0.927 bits per heavy atom. The van der Waals surface area contributed by atoms with Crippen molar-refractivity contribution in [2.24, 2.45) is 11.1 Å². The monoisotopic (exact) mass is 580 g/mol. The Morgan fingerprint density at radius 3 is 2.24 bits per heavy atom. The number of rotatable bonds is 13. The summed E-state index contributed by atoms with van der Waals surface area (Å²) in [5.41, 5.74) is 13.3. The van der Waals surface area contributed by atoms with Gasteiger partial charge in [-0.05, 0) is 59.4 Å². The molecule has 1 aromatic heterocycles. The lowest BCUT2D eigenvalue weighted by molar-refractivity contribution is -0.142. The van der Waals surface area contributed by atoms with Crippen LogP contribution in [0.1, 0.15) is 56.0 Å². The maximum atomic E-state index is 13.7.